The number of hydrogen-bond acceptors (Lipinski definition) is 7. The Hall–Kier alpha value is -3.01. The quantitative estimate of drug-likeness (QED) is 0.0214. The minimum absolute atomic E-state index is 0.182. The topological polar surface area (TPSA) is 108 Å². The summed E-state index contributed by atoms with van der Waals surface area (Å²) >= 11 is 0. The standard InChI is InChI=1S/C48H83NO8/c1-6-8-10-12-14-16-18-19-20-21-22-23-24-25-26-27-29-31-33-35-37-39-46(51)57-44(43-56-48(47(52)53)54-41-40-49(3,4)5)42-55-45(50)38-36-34-32-30-28-17-15-13-11-9-7-2/h8,10,13-16,19-20,22-23,44,48H,6-7,9,11-12,17-18,21,24-43H2,1-5H3/p+1/b10-8-,15-13-,16-14-,20-19-,23-22-. The van der Waals surface area contributed by atoms with Crippen LogP contribution in [0, 0.1) is 0 Å². The highest BCUT2D eigenvalue weighted by molar-refractivity contribution is 5.71. The molecule has 0 aromatic heterocycles. The average molecular weight is 803 g/mol. The van der Waals surface area contributed by atoms with Crippen LogP contribution in [-0.2, 0) is 33.3 Å². The zero-order valence-corrected chi connectivity index (χ0v) is 37.0. The van der Waals surface area contributed by atoms with Gasteiger partial charge in [0, 0.05) is 12.8 Å². The molecule has 1 N–H and O–H groups in total. The van der Waals surface area contributed by atoms with Crippen molar-refractivity contribution in [2.45, 2.75) is 180 Å². The van der Waals surface area contributed by atoms with Crippen molar-refractivity contribution in [3.05, 3.63) is 60.8 Å². The minimum atomic E-state index is -1.51. The van der Waals surface area contributed by atoms with E-state index in [0.29, 0.717) is 17.4 Å². The summed E-state index contributed by atoms with van der Waals surface area (Å²) in [6.45, 7) is 4.68. The van der Waals surface area contributed by atoms with E-state index in [-0.39, 0.29) is 38.6 Å². The second-order valence-electron chi connectivity index (χ2n) is 16.0. The van der Waals surface area contributed by atoms with Crippen LogP contribution in [0.25, 0.3) is 0 Å². The fourth-order valence-electron chi connectivity index (χ4n) is 5.75. The van der Waals surface area contributed by atoms with Crippen LogP contribution in [-0.4, -0.2) is 87.4 Å². The monoisotopic (exact) mass is 803 g/mol. The molecule has 2 unspecified atom stereocenters. The van der Waals surface area contributed by atoms with Gasteiger partial charge in [-0.25, -0.2) is 4.79 Å². The van der Waals surface area contributed by atoms with Gasteiger partial charge in [0.2, 0.25) is 0 Å². The number of carbonyl (C=O) groups is 3. The van der Waals surface area contributed by atoms with Crippen molar-refractivity contribution >= 4 is 17.9 Å². The highest BCUT2D eigenvalue weighted by Crippen LogP contribution is 2.13. The first-order valence-electron chi connectivity index (χ1n) is 22.5. The summed E-state index contributed by atoms with van der Waals surface area (Å²) in [5, 5.41) is 9.63. The van der Waals surface area contributed by atoms with E-state index in [9.17, 15) is 19.5 Å². The number of allylic oxidation sites excluding steroid dienone is 10. The Balaban J connectivity index is 4.41. The second-order valence-corrected chi connectivity index (χ2v) is 16.0. The number of ether oxygens (including phenoxy) is 4. The van der Waals surface area contributed by atoms with Gasteiger partial charge in [-0.3, -0.25) is 9.59 Å². The first-order chi connectivity index (χ1) is 27.6. The number of carboxylic acid groups (broad SMARTS) is 1. The molecule has 0 spiro atoms. The zero-order valence-electron chi connectivity index (χ0n) is 37.0. The van der Waals surface area contributed by atoms with Crippen molar-refractivity contribution in [1.29, 1.82) is 0 Å². The van der Waals surface area contributed by atoms with Gasteiger partial charge in [0.1, 0.15) is 13.2 Å². The highest BCUT2D eigenvalue weighted by Gasteiger charge is 2.25. The zero-order chi connectivity index (χ0) is 42.1. The second kappa shape index (κ2) is 39.8. The maximum absolute atomic E-state index is 12.8. The lowest BCUT2D eigenvalue weighted by atomic mass is 10.1. The van der Waals surface area contributed by atoms with E-state index in [1.165, 1.54) is 38.5 Å². The lowest BCUT2D eigenvalue weighted by Gasteiger charge is -2.25. The molecule has 0 aliphatic heterocycles. The van der Waals surface area contributed by atoms with E-state index in [1.807, 2.05) is 21.1 Å². The molecule has 2 atom stereocenters. The number of unbranched alkanes of at least 4 members (excludes halogenated alkanes) is 15. The lowest BCUT2D eigenvalue weighted by Crippen LogP contribution is -2.40. The van der Waals surface area contributed by atoms with Gasteiger partial charge in [-0.05, 0) is 70.6 Å². The first-order valence-corrected chi connectivity index (χ1v) is 22.5. The van der Waals surface area contributed by atoms with Crippen LogP contribution >= 0.6 is 0 Å². The van der Waals surface area contributed by atoms with E-state index in [2.05, 4.69) is 74.6 Å². The van der Waals surface area contributed by atoms with Crippen molar-refractivity contribution < 1.29 is 42.9 Å². The van der Waals surface area contributed by atoms with Crippen LogP contribution in [0.5, 0.6) is 0 Å². The molecule has 0 heterocycles. The summed E-state index contributed by atoms with van der Waals surface area (Å²) in [5.74, 6) is -2.04. The number of likely N-dealkylation sites (N-methyl/N-ethyl adjacent to an activating group) is 1. The number of esters is 2. The van der Waals surface area contributed by atoms with Gasteiger partial charge in [0.05, 0.1) is 34.4 Å². The first kappa shape index (κ1) is 54.0. The Morgan fingerprint density at radius 2 is 1.00 bits per heavy atom. The third kappa shape index (κ3) is 41.0. The molecule has 0 saturated carbocycles. The number of quaternary nitrogens is 1. The van der Waals surface area contributed by atoms with Gasteiger partial charge in [0.15, 0.2) is 6.10 Å². The van der Waals surface area contributed by atoms with Crippen molar-refractivity contribution in [2.75, 3.05) is 47.5 Å². The van der Waals surface area contributed by atoms with Crippen LogP contribution in [0.2, 0.25) is 0 Å². The lowest BCUT2D eigenvalue weighted by molar-refractivity contribution is -0.870. The summed E-state index contributed by atoms with van der Waals surface area (Å²) < 4.78 is 22.7. The summed E-state index contributed by atoms with van der Waals surface area (Å²) in [5.41, 5.74) is 0. The average Bonchev–Trinajstić information content (AvgIpc) is 3.17. The maximum Gasteiger partial charge on any atom is 0.361 e. The molecule has 0 aliphatic carbocycles. The van der Waals surface area contributed by atoms with E-state index in [0.717, 1.165) is 96.3 Å². The molecular formula is C48H84NO8+. The van der Waals surface area contributed by atoms with E-state index >= 15 is 0 Å². The van der Waals surface area contributed by atoms with E-state index in [4.69, 9.17) is 18.9 Å². The minimum Gasteiger partial charge on any atom is -0.477 e. The van der Waals surface area contributed by atoms with Gasteiger partial charge in [-0.1, -0.05) is 145 Å². The molecule has 9 nitrogen and oxygen atoms in total. The molecule has 57 heavy (non-hydrogen) atoms. The number of carboxylic acids is 1. The molecule has 0 radical (unpaired) electrons. The predicted octanol–water partition coefficient (Wildman–Crippen LogP) is 11.8. The molecule has 0 saturated heterocycles. The normalized spacial score (nSPS) is 13.5. The van der Waals surface area contributed by atoms with E-state index < -0.39 is 24.3 Å². The Morgan fingerprint density at radius 3 is 1.51 bits per heavy atom. The Kier molecular flexibility index (Phi) is 37.7. The molecule has 0 aromatic rings. The summed E-state index contributed by atoms with van der Waals surface area (Å²) in [7, 11) is 5.94. The van der Waals surface area contributed by atoms with Crippen LogP contribution in [0.1, 0.15) is 168 Å². The number of aliphatic carboxylic acids is 1. The number of carbonyl (C=O) groups excluding carboxylic acids is 2. The molecule has 0 fully saturated rings. The van der Waals surface area contributed by atoms with Gasteiger partial charge >= 0.3 is 17.9 Å². The predicted molar refractivity (Wildman–Crippen MR) is 235 cm³/mol. The maximum atomic E-state index is 12.8. The number of nitrogens with zero attached hydrogens (tertiary/aromatic N) is 1. The smallest absolute Gasteiger partial charge is 0.361 e. The van der Waals surface area contributed by atoms with Crippen LogP contribution in [0.15, 0.2) is 60.8 Å². The largest absolute Gasteiger partial charge is 0.477 e. The molecule has 0 bridgehead atoms. The number of rotatable bonds is 40. The Bertz CT molecular complexity index is 1120. The van der Waals surface area contributed by atoms with Crippen molar-refractivity contribution in [1.82, 2.24) is 0 Å². The molecule has 0 rings (SSSR count). The SMILES string of the molecule is CC/C=C\C/C=C\C/C=C\C/C=C\CCCCCCCCCCC(=O)OC(COC(=O)CCCCCCC/C=C\CCCC)COC(OCC[N+](C)(C)C)C(=O)O. The summed E-state index contributed by atoms with van der Waals surface area (Å²) in [6.07, 6.45) is 44.2. The molecule has 9 heteroatoms. The van der Waals surface area contributed by atoms with Crippen LogP contribution < -0.4 is 0 Å². The number of hydrogen-bond donors (Lipinski definition) is 1. The summed E-state index contributed by atoms with van der Waals surface area (Å²) in [6, 6.07) is 0. The fraction of sp³-hybridized carbons (Fsp3) is 0.729. The molecule has 0 amide bonds. The van der Waals surface area contributed by atoms with Crippen LogP contribution in [0.3, 0.4) is 0 Å². The molecular weight excluding hydrogens is 719 g/mol. The fourth-order valence-corrected chi connectivity index (χ4v) is 5.75. The van der Waals surface area contributed by atoms with Gasteiger partial charge in [-0.15, -0.1) is 0 Å². The third-order valence-corrected chi connectivity index (χ3v) is 9.26. The van der Waals surface area contributed by atoms with Gasteiger partial charge < -0.3 is 28.5 Å². The van der Waals surface area contributed by atoms with Gasteiger partial charge in [-0.2, -0.15) is 0 Å². The van der Waals surface area contributed by atoms with Crippen LogP contribution in [0.4, 0.5) is 0 Å². The highest BCUT2D eigenvalue weighted by atomic mass is 16.7. The Morgan fingerprint density at radius 1 is 0.544 bits per heavy atom. The van der Waals surface area contributed by atoms with Crippen molar-refractivity contribution in [2.24, 2.45) is 0 Å². The van der Waals surface area contributed by atoms with Gasteiger partial charge in [0.25, 0.3) is 6.29 Å². The molecule has 0 aromatic carbocycles. The third-order valence-electron chi connectivity index (χ3n) is 9.26. The van der Waals surface area contributed by atoms with Crippen molar-refractivity contribution in [3.8, 4) is 0 Å². The summed E-state index contributed by atoms with van der Waals surface area (Å²) in [4.78, 5) is 37.1. The van der Waals surface area contributed by atoms with E-state index in [1.54, 1.807) is 0 Å². The van der Waals surface area contributed by atoms with Crippen molar-refractivity contribution in [3.63, 3.8) is 0 Å². The Labute approximate surface area is 348 Å². The molecule has 328 valence electrons. The molecule has 0 aliphatic rings.